The number of aliphatic hydroxyl groups is 1. The fourth-order valence-corrected chi connectivity index (χ4v) is 4.30. The van der Waals surface area contributed by atoms with Crippen LogP contribution >= 0.6 is 0 Å². The van der Waals surface area contributed by atoms with Crippen LogP contribution in [0.25, 0.3) is 5.76 Å². The van der Waals surface area contributed by atoms with E-state index in [4.69, 9.17) is 9.47 Å². The number of hydrogen-bond donors (Lipinski definition) is 1. The van der Waals surface area contributed by atoms with Crippen LogP contribution in [0.2, 0.25) is 0 Å². The van der Waals surface area contributed by atoms with E-state index in [-0.39, 0.29) is 11.3 Å². The molecular weight excluding hydrogens is 444 g/mol. The van der Waals surface area contributed by atoms with Gasteiger partial charge < -0.3 is 14.6 Å². The molecule has 0 saturated carbocycles. The number of ether oxygens (including phenoxy) is 2. The van der Waals surface area contributed by atoms with E-state index in [2.05, 4.69) is 4.98 Å². The van der Waals surface area contributed by atoms with Gasteiger partial charge in [0.2, 0.25) is 0 Å². The fraction of sp³-hybridized carbons (Fsp3) is 0.250. The molecule has 1 N–H and O–H groups in total. The lowest BCUT2D eigenvalue weighted by Crippen LogP contribution is -2.30. The van der Waals surface area contributed by atoms with Crippen LogP contribution in [0.1, 0.15) is 42.1 Å². The smallest absolute Gasteiger partial charge is 0.300 e. The van der Waals surface area contributed by atoms with Crippen LogP contribution in [-0.4, -0.2) is 35.0 Å². The number of rotatable bonds is 7. The maximum atomic E-state index is 13.4. The van der Waals surface area contributed by atoms with Crippen molar-refractivity contribution in [3.63, 3.8) is 0 Å². The minimum Gasteiger partial charge on any atom is -0.507 e. The molecule has 0 spiro atoms. The minimum absolute atomic E-state index is 0.00720. The van der Waals surface area contributed by atoms with Crippen LogP contribution in [0.5, 0.6) is 11.5 Å². The van der Waals surface area contributed by atoms with Crippen LogP contribution in [-0.2, 0) is 9.59 Å². The normalized spacial score (nSPS) is 17.0. The summed E-state index contributed by atoms with van der Waals surface area (Å²) in [6, 6.07) is 13.4. The van der Waals surface area contributed by atoms with Crippen molar-refractivity contribution in [3.8, 4) is 11.5 Å². The van der Waals surface area contributed by atoms with Gasteiger partial charge in [0.15, 0.2) is 0 Å². The molecule has 1 aliphatic heterocycles. The summed E-state index contributed by atoms with van der Waals surface area (Å²) in [5.41, 5.74) is 3.37. The van der Waals surface area contributed by atoms with Crippen LogP contribution < -0.4 is 14.4 Å². The number of hydrogen-bond acceptors (Lipinski definition) is 6. The Labute approximate surface area is 204 Å². The Balaban J connectivity index is 1.96. The van der Waals surface area contributed by atoms with E-state index in [9.17, 15) is 14.7 Å². The Bertz CT molecular complexity index is 1300. The number of aliphatic hydroxyl groups excluding tert-OH is 1. The van der Waals surface area contributed by atoms with Gasteiger partial charge in [-0.3, -0.25) is 19.5 Å². The Hall–Kier alpha value is -4.13. The van der Waals surface area contributed by atoms with Crippen molar-refractivity contribution in [2.75, 3.05) is 18.1 Å². The largest absolute Gasteiger partial charge is 0.507 e. The number of amides is 1. The predicted octanol–water partition coefficient (Wildman–Crippen LogP) is 5.12. The highest BCUT2D eigenvalue weighted by atomic mass is 16.5. The number of pyridine rings is 1. The third kappa shape index (κ3) is 4.49. The lowest BCUT2D eigenvalue weighted by molar-refractivity contribution is -0.132. The number of Topliss-reactive ketones (excluding diaryl/α,β-unsaturated/α-hetero) is 1. The molecule has 1 aliphatic rings. The molecule has 0 bridgehead atoms. The molecule has 3 aromatic rings. The van der Waals surface area contributed by atoms with Gasteiger partial charge >= 0.3 is 0 Å². The molecule has 2 aromatic carbocycles. The number of aryl methyl sites for hydroxylation is 2. The third-order valence-electron chi connectivity index (χ3n) is 5.91. The zero-order valence-electron chi connectivity index (χ0n) is 20.2. The zero-order chi connectivity index (χ0) is 25.1. The summed E-state index contributed by atoms with van der Waals surface area (Å²) >= 11 is 0. The van der Waals surface area contributed by atoms with Gasteiger partial charge in [-0.05, 0) is 74.7 Å². The molecule has 0 aliphatic carbocycles. The first-order chi connectivity index (χ1) is 16.9. The second kappa shape index (κ2) is 10.0. The van der Waals surface area contributed by atoms with E-state index < -0.39 is 17.7 Å². The van der Waals surface area contributed by atoms with E-state index in [0.29, 0.717) is 41.5 Å². The van der Waals surface area contributed by atoms with Gasteiger partial charge in [-0.15, -0.1) is 0 Å². The maximum absolute atomic E-state index is 13.4. The number of nitrogens with zero attached hydrogens (tertiary/aromatic N) is 2. The molecule has 1 atom stereocenters. The third-order valence-corrected chi connectivity index (χ3v) is 5.91. The van der Waals surface area contributed by atoms with Crippen LogP contribution in [0, 0.1) is 13.8 Å². The molecule has 2 heterocycles. The van der Waals surface area contributed by atoms with Crippen molar-refractivity contribution in [2.45, 2.75) is 33.7 Å². The zero-order valence-corrected chi connectivity index (χ0v) is 20.2. The Morgan fingerprint density at radius 1 is 0.971 bits per heavy atom. The first-order valence-corrected chi connectivity index (χ1v) is 11.6. The van der Waals surface area contributed by atoms with Crippen molar-refractivity contribution < 1.29 is 24.2 Å². The van der Waals surface area contributed by atoms with Gasteiger partial charge in [0.25, 0.3) is 11.7 Å². The Morgan fingerprint density at radius 2 is 1.69 bits per heavy atom. The van der Waals surface area contributed by atoms with E-state index in [1.807, 2.05) is 45.9 Å². The molecule has 0 radical (unpaired) electrons. The van der Waals surface area contributed by atoms with E-state index in [0.717, 1.165) is 11.1 Å². The van der Waals surface area contributed by atoms with E-state index in [1.54, 1.807) is 42.7 Å². The molecule has 7 nitrogen and oxygen atoms in total. The minimum atomic E-state index is -0.834. The number of carbonyl (C=O) groups is 2. The summed E-state index contributed by atoms with van der Waals surface area (Å²) in [7, 11) is 0. The molecule has 1 amide bonds. The summed E-state index contributed by atoms with van der Waals surface area (Å²) in [6.07, 6.45) is 3.20. The van der Waals surface area contributed by atoms with Crippen molar-refractivity contribution in [2.24, 2.45) is 0 Å². The molecule has 1 aromatic heterocycles. The lowest BCUT2D eigenvalue weighted by Gasteiger charge is -2.27. The number of carbonyl (C=O) groups excluding carboxylic acids is 2. The molecule has 1 saturated heterocycles. The molecule has 4 rings (SSSR count). The van der Waals surface area contributed by atoms with Gasteiger partial charge in [0.05, 0.1) is 30.4 Å². The molecular formula is C28H28N2O5. The number of benzene rings is 2. The second-order valence-corrected chi connectivity index (χ2v) is 8.26. The van der Waals surface area contributed by atoms with Crippen LogP contribution in [0.3, 0.4) is 0 Å². The van der Waals surface area contributed by atoms with Gasteiger partial charge in [0, 0.05) is 24.1 Å². The van der Waals surface area contributed by atoms with Gasteiger partial charge in [-0.25, -0.2) is 0 Å². The first-order valence-electron chi connectivity index (χ1n) is 11.6. The maximum Gasteiger partial charge on any atom is 0.300 e. The number of ketones is 1. The van der Waals surface area contributed by atoms with Gasteiger partial charge in [-0.1, -0.05) is 12.1 Å². The summed E-state index contributed by atoms with van der Waals surface area (Å²) in [6.45, 7) is 8.33. The number of anilines is 1. The average Bonchev–Trinajstić information content (AvgIpc) is 3.12. The van der Waals surface area contributed by atoms with Gasteiger partial charge in [-0.2, -0.15) is 0 Å². The highest BCUT2D eigenvalue weighted by Gasteiger charge is 2.47. The van der Waals surface area contributed by atoms with Crippen molar-refractivity contribution >= 4 is 23.1 Å². The van der Waals surface area contributed by atoms with Gasteiger partial charge in [0.1, 0.15) is 17.3 Å². The molecule has 35 heavy (non-hydrogen) atoms. The van der Waals surface area contributed by atoms with E-state index in [1.165, 1.54) is 4.90 Å². The Morgan fingerprint density at radius 3 is 2.37 bits per heavy atom. The fourth-order valence-electron chi connectivity index (χ4n) is 4.30. The number of aromatic nitrogens is 1. The topological polar surface area (TPSA) is 89.0 Å². The molecule has 1 unspecified atom stereocenters. The van der Waals surface area contributed by atoms with E-state index >= 15 is 0 Å². The quantitative estimate of drug-likeness (QED) is 0.292. The summed E-state index contributed by atoms with van der Waals surface area (Å²) in [5, 5.41) is 11.5. The average molecular weight is 473 g/mol. The lowest BCUT2D eigenvalue weighted by atomic mass is 9.95. The highest BCUT2D eigenvalue weighted by Crippen LogP contribution is 2.44. The van der Waals surface area contributed by atoms with Crippen LogP contribution in [0.15, 0.2) is 66.5 Å². The second-order valence-electron chi connectivity index (χ2n) is 8.26. The molecule has 1 fully saturated rings. The molecule has 180 valence electrons. The summed E-state index contributed by atoms with van der Waals surface area (Å²) in [4.78, 5) is 32.4. The summed E-state index contributed by atoms with van der Waals surface area (Å²) < 4.78 is 11.3. The summed E-state index contributed by atoms with van der Waals surface area (Å²) in [5.74, 6) is -0.826. The first kappa shape index (κ1) is 24.0. The monoisotopic (exact) mass is 472 g/mol. The Kier molecular flexibility index (Phi) is 6.87. The van der Waals surface area contributed by atoms with Crippen LogP contribution in [0.4, 0.5) is 5.69 Å². The highest BCUT2D eigenvalue weighted by molar-refractivity contribution is 6.51. The predicted molar refractivity (Wildman–Crippen MR) is 134 cm³/mol. The molecule has 7 heteroatoms. The van der Waals surface area contributed by atoms with Crippen molar-refractivity contribution in [1.29, 1.82) is 0 Å². The standard InChI is InChI=1S/C28H28N2O5/c1-5-34-20-9-10-21(23(16-20)35-6-2)26(31)24-25(19-11-13-29-14-12-19)30(28(33)27(24)32)22-15-17(3)7-8-18(22)4/h7-16,25,31H,5-6H2,1-4H3/b26-24-. The van der Waals surface area contributed by atoms with Crippen molar-refractivity contribution in [1.82, 2.24) is 4.98 Å². The SMILES string of the molecule is CCOc1ccc(/C(O)=C2/C(=O)C(=O)N(c3cc(C)ccc3C)C2c2ccncc2)c(OCC)c1. The van der Waals surface area contributed by atoms with Crippen molar-refractivity contribution in [3.05, 3.63) is 88.8 Å².